The standard InChI is InChI=1S/C21H23FN2O2/c1-3-15-9-6-8-14(2)19(15)23-20(25)18-12-7-13-24(18)21(26)16-10-4-5-11-17(16)22/h4-6,8-11,18H,3,7,12-13H2,1-2H3,(H,23,25). The summed E-state index contributed by atoms with van der Waals surface area (Å²) in [4.78, 5) is 27.1. The van der Waals surface area contributed by atoms with Gasteiger partial charge in [-0.2, -0.15) is 0 Å². The lowest BCUT2D eigenvalue weighted by Crippen LogP contribution is -2.43. The van der Waals surface area contributed by atoms with Gasteiger partial charge in [0.05, 0.1) is 5.56 Å². The van der Waals surface area contributed by atoms with Gasteiger partial charge in [-0.25, -0.2) is 4.39 Å². The van der Waals surface area contributed by atoms with E-state index in [0.29, 0.717) is 13.0 Å². The maximum atomic E-state index is 14.0. The molecule has 26 heavy (non-hydrogen) atoms. The van der Waals surface area contributed by atoms with Crippen molar-refractivity contribution in [2.45, 2.75) is 39.2 Å². The van der Waals surface area contributed by atoms with Crippen molar-refractivity contribution < 1.29 is 14.0 Å². The van der Waals surface area contributed by atoms with Crippen LogP contribution in [0.5, 0.6) is 0 Å². The second-order valence-corrected chi connectivity index (χ2v) is 6.59. The minimum absolute atomic E-state index is 0.0114. The first kappa shape index (κ1) is 18.1. The fraction of sp³-hybridized carbons (Fsp3) is 0.333. The Bertz CT molecular complexity index is 835. The van der Waals surface area contributed by atoms with Crippen molar-refractivity contribution in [1.82, 2.24) is 4.90 Å². The number of nitrogens with one attached hydrogen (secondary N) is 1. The number of carbonyl (C=O) groups is 2. The lowest BCUT2D eigenvalue weighted by atomic mass is 10.0. The van der Waals surface area contributed by atoms with Gasteiger partial charge in [0, 0.05) is 12.2 Å². The van der Waals surface area contributed by atoms with Crippen molar-refractivity contribution in [2.75, 3.05) is 11.9 Å². The fourth-order valence-electron chi connectivity index (χ4n) is 3.48. The third-order valence-corrected chi connectivity index (χ3v) is 4.91. The third kappa shape index (κ3) is 3.47. The first-order chi connectivity index (χ1) is 12.5. The van der Waals surface area contributed by atoms with Crippen molar-refractivity contribution in [2.24, 2.45) is 0 Å². The van der Waals surface area contributed by atoms with Crippen molar-refractivity contribution in [3.8, 4) is 0 Å². The monoisotopic (exact) mass is 354 g/mol. The van der Waals surface area contributed by atoms with Crippen LogP contribution < -0.4 is 5.32 Å². The second kappa shape index (κ2) is 7.68. The molecule has 1 fully saturated rings. The Hall–Kier alpha value is -2.69. The molecule has 0 aliphatic carbocycles. The van der Waals surface area contributed by atoms with Gasteiger partial charge in [-0.15, -0.1) is 0 Å². The number of benzene rings is 2. The van der Waals surface area contributed by atoms with Crippen LogP contribution in [0.15, 0.2) is 42.5 Å². The zero-order chi connectivity index (χ0) is 18.7. The number of halogens is 1. The quantitative estimate of drug-likeness (QED) is 0.904. The highest BCUT2D eigenvalue weighted by molar-refractivity contribution is 6.02. The van der Waals surface area contributed by atoms with Gasteiger partial charge >= 0.3 is 0 Å². The van der Waals surface area contributed by atoms with E-state index in [-0.39, 0.29) is 11.5 Å². The number of anilines is 1. The van der Waals surface area contributed by atoms with E-state index in [1.165, 1.54) is 17.0 Å². The minimum Gasteiger partial charge on any atom is -0.327 e. The van der Waals surface area contributed by atoms with E-state index in [4.69, 9.17) is 0 Å². The molecule has 1 saturated heterocycles. The van der Waals surface area contributed by atoms with E-state index >= 15 is 0 Å². The van der Waals surface area contributed by atoms with Crippen LogP contribution in [0.2, 0.25) is 0 Å². The number of rotatable bonds is 4. The maximum Gasteiger partial charge on any atom is 0.257 e. The number of para-hydroxylation sites is 1. The zero-order valence-corrected chi connectivity index (χ0v) is 15.1. The van der Waals surface area contributed by atoms with E-state index in [2.05, 4.69) is 5.32 Å². The molecule has 1 aliphatic rings. The Labute approximate surface area is 153 Å². The predicted molar refractivity (Wildman–Crippen MR) is 99.6 cm³/mol. The van der Waals surface area contributed by atoms with E-state index in [1.54, 1.807) is 12.1 Å². The summed E-state index contributed by atoms with van der Waals surface area (Å²) in [5.41, 5.74) is 2.87. The highest BCUT2D eigenvalue weighted by atomic mass is 19.1. The fourth-order valence-corrected chi connectivity index (χ4v) is 3.48. The molecule has 1 N–H and O–H groups in total. The van der Waals surface area contributed by atoms with Crippen LogP contribution in [-0.2, 0) is 11.2 Å². The normalized spacial score (nSPS) is 16.6. The largest absolute Gasteiger partial charge is 0.327 e. The van der Waals surface area contributed by atoms with Crippen molar-refractivity contribution in [3.05, 3.63) is 65.0 Å². The summed E-state index contributed by atoms with van der Waals surface area (Å²) >= 11 is 0. The first-order valence-corrected chi connectivity index (χ1v) is 8.97. The van der Waals surface area contributed by atoms with Gasteiger partial charge in [-0.3, -0.25) is 9.59 Å². The molecule has 136 valence electrons. The van der Waals surface area contributed by atoms with Crippen LogP contribution in [0, 0.1) is 12.7 Å². The van der Waals surface area contributed by atoms with Crippen molar-refractivity contribution in [1.29, 1.82) is 0 Å². The van der Waals surface area contributed by atoms with Crippen LogP contribution in [0.25, 0.3) is 0 Å². The van der Waals surface area contributed by atoms with E-state index in [9.17, 15) is 14.0 Å². The second-order valence-electron chi connectivity index (χ2n) is 6.59. The minimum atomic E-state index is -0.577. The Morgan fingerprint density at radius 2 is 1.96 bits per heavy atom. The summed E-state index contributed by atoms with van der Waals surface area (Å²) in [7, 11) is 0. The number of amides is 2. The molecule has 4 nitrogen and oxygen atoms in total. The van der Waals surface area contributed by atoms with Gasteiger partial charge in [0.2, 0.25) is 5.91 Å². The third-order valence-electron chi connectivity index (χ3n) is 4.91. The smallest absolute Gasteiger partial charge is 0.257 e. The molecule has 1 atom stereocenters. The molecule has 3 rings (SSSR count). The lowest BCUT2D eigenvalue weighted by Gasteiger charge is -2.25. The van der Waals surface area contributed by atoms with Crippen LogP contribution in [0.3, 0.4) is 0 Å². The number of carbonyl (C=O) groups excluding carboxylic acids is 2. The zero-order valence-electron chi connectivity index (χ0n) is 15.1. The van der Waals surface area contributed by atoms with Crippen molar-refractivity contribution in [3.63, 3.8) is 0 Å². The molecule has 0 radical (unpaired) electrons. The average molecular weight is 354 g/mol. The molecule has 2 amide bonds. The summed E-state index contributed by atoms with van der Waals surface area (Å²) in [5, 5.41) is 3.00. The van der Waals surface area contributed by atoms with Crippen LogP contribution >= 0.6 is 0 Å². The number of hydrogen-bond donors (Lipinski definition) is 1. The predicted octanol–water partition coefficient (Wildman–Crippen LogP) is 3.94. The van der Waals surface area contributed by atoms with Gasteiger partial charge < -0.3 is 10.2 Å². The highest BCUT2D eigenvalue weighted by Gasteiger charge is 2.35. The van der Waals surface area contributed by atoms with Gasteiger partial charge in [0.15, 0.2) is 0 Å². The maximum absolute atomic E-state index is 14.0. The van der Waals surface area contributed by atoms with Crippen LogP contribution in [0.1, 0.15) is 41.3 Å². The molecule has 0 bridgehead atoms. The van der Waals surface area contributed by atoms with E-state index in [1.807, 2.05) is 32.0 Å². The molecule has 1 unspecified atom stereocenters. The molecule has 5 heteroatoms. The van der Waals surface area contributed by atoms with E-state index in [0.717, 1.165) is 29.7 Å². The summed E-state index contributed by atoms with van der Waals surface area (Å²) in [5.74, 6) is -1.20. The average Bonchev–Trinajstić information content (AvgIpc) is 3.13. The Balaban J connectivity index is 1.81. The summed E-state index contributed by atoms with van der Waals surface area (Å²) in [6.45, 7) is 4.44. The van der Waals surface area contributed by atoms with Crippen LogP contribution in [-0.4, -0.2) is 29.3 Å². The van der Waals surface area contributed by atoms with Gasteiger partial charge in [-0.05, 0) is 49.4 Å². The Morgan fingerprint density at radius 1 is 1.19 bits per heavy atom. The number of hydrogen-bond acceptors (Lipinski definition) is 2. The molecule has 2 aromatic rings. The molecule has 0 spiro atoms. The SMILES string of the molecule is CCc1cccc(C)c1NC(=O)C1CCCN1C(=O)c1ccccc1F. The molecule has 1 aliphatic heterocycles. The Kier molecular flexibility index (Phi) is 5.35. The summed E-state index contributed by atoms with van der Waals surface area (Å²) < 4.78 is 14.0. The molecular weight excluding hydrogens is 331 g/mol. The van der Waals surface area contributed by atoms with Crippen LogP contribution in [0.4, 0.5) is 10.1 Å². The van der Waals surface area contributed by atoms with Gasteiger partial charge in [0.25, 0.3) is 5.91 Å². The molecule has 0 saturated carbocycles. The van der Waals surface area contributed by atoms with E-state index < -0.39 is 17.8 Å². The van der Waals surface area contributed by atoms with Crippen molar-refractivity contribution >= 4 is 17.5 Å². The molecular formula is C21H23FN2O2. The molecule has 0 aromatic heterocycles. The summed E-state index contributed by atoms with van der Waals surface area (Å²) in [6.07, 6.45) is 2.12. The molecule has 1 heterocycles. The Morgan fingerprint density at radius 3 is 2.69 bits per heavy atom. The number of likely N-dealkylation sites (tertiary alicyclic amines) is 1. The van der Waals surface area contributed by atoms with Gasteiger partial charge in [-0.1, -0.05) is 37.3 Å². The highest BCUT2D eigenvalue weighted by Crippen LogP contribution is 2.25. The summed E-state index contributed by atoms with van der Waals surface area (Å²) in [6, 6.07) is 11.2. The topological polar surface area (TPSA) is 49.4 Å². The first-order valence-electron chi connectivity index (χ1n) is 8.97. The number of aryl methyl sites for hydroxylation is 2. The molecule has 2 aromatic carbocycles. The lowest BCUT2D eigenvalue weighted by molar-refractivity contribution is -0.119. The van der Waals surface area contributed by atoms with Gasteiger partial charge in [0.1, 0.15) is 11.9 Å². The number of nitrogens with zero attached hydrogens (tertiary/aromatic N) is 1.